The Kier molecular flexibility index (Phi) is 7.69. The zero-order valence-corrected chi connectivity index (χ0v) is 23.1. The van der Waals surface area contributed by atoms with E-state index in [1.807, 2.05) is 18.2 Å². The van der Waals surface area contributed by atoms with E-state index in [0.717, 1.165) is 47.6 Å². The highest BCUT2D eigenvalue weighted by atomic mass is 32.2. The van der Waals surface area contributed by atoms with Crippen LogP contribution in [-0.4, -0.2) is 50.7 Å². The number of rotatable bonds is 7. The quantitative estimate of drug-likeness (QED) is 0.245. The number of hydrogen-bond acceptors (Lipinski definition) is 8. The number of pyridine rings is 1. The van der Waals surface area contributed by atoms with Gasteiger partial charge in [-0.25, -0.2) is 9.97 Å². The fourth-order valence-electron chi connectivity index (χ4n) is 5.09. The van der Waals surface area contributed by atoms with Crippen LogP contribution in [0, 0.1) is 5.92 Å². The number of H-pyrrole nitrogens is 1. The fraction of sp³-hybridized carbons (Fsp3) is 0.276. The number of aromatic nitrogens is 4. The number of nitrogens with zero attached hydrogens (tertiary/aromatic N) is 4. The van der Waals surface area contributed by atoms with Crippen LogP contribution in [0.4, 0.5) is 23.9 Å². The summed E-state index contributed by atoms with van der Waals surface area (Å²) in [6, 6.07) is 11.2. The lowest BCUT2D eigenvalue weighted by Crippen LogP contribution is -2.38. The molecule has 2 fully saturated rings. The number of alkyl halides is 3. The Morgan fingerprint density at radius 1 is 1.07 bits per heavy atom. The van der Waals surface area contributed by atoms with E-state index in [-0.39, 0.29) is 12.2 Å². The average Bonchev–Trinajstić information content (AvgIpc) is 3.57. The van der Waals surface area contributed by atoms with E-state index in [0.29, 0.717) is 53.4 Å². The van der Waals surface area contributed by atoms with Crippen molar-refractivity contribution in [3.05, 3.63) is 76.7 Å². The van der Waals surface area contributed by atoms with Crippen LogP contribution in [0.3, 0.4) is 0 Å². The molecule has 4 aromatic rings. The summed E-state index contributed by atoms with van der Waals surface area (Å²) < 4.78 is 41.1. The summed E-state index contributed by atoms with van der Waals surface area (Å²) in [7, 11) is 0. The number of nitrogens with one attached hydrogen (secondary N) is 3. The number of carbonyl (C=O) groups excluding carboxylic acids is 2. The second-order valence-electron chi connectivity index (χ2n) is 10.2. The van der Waals surface area contributed by atoms with Crippen LogP contribution in [0.1, 0.15) is 29.8 Å². The van der Waals surface area contributed by atoms with E-state index in [4.69, 9.17) is 0 Å². The second kappa shape index (κ2) is 11.6. The van der Waals surface area contributed by atoms with Crippen molar-refractivity contribution >= 4 is 45.8 Å². The molecule has 42 heavy (non-hydrogen) atoms. The lowest BCUT2D eigenvalue weighted by molar-refractivity contribution is -0.137. The number of halogens is 3. The number of piperidine rings is 1. The van der Waals surface area contributed by atoms with Gasteiger partial charge in [-0.1, -0.05) is 6.07 Å². The Hall–Kier alpha value is -4.23. The Morgan fingerprint density at radius 2 is 1.90 bits per heavy atom. The molecule has 6 rings (SSSR count). The van der Waals surface area contributed by atoms with Crippen LogP contribution in [-0.2, 0) is 17.5 Å². The lowest BCUT2D eigenvalue weighted by Gasteiger charge is -2.32. The maximum atomic E-state index is 13.7. The van der Waals surface area contributed by atoms with Crippen molar-refractivity contribution in [3.63, 3.8) is 0 Å². The van der Waals surface area contributed by atoms with Gasteiger partial charge in [0.2, 0.25) is 5.95 Å². The highest BCUT2D eigenvalue weighted by Gasteiger charge is 2.32. The van der Waals surface area contributed by atoms with E-state index in [1.54, 1.807) is 30.6 Å². The number of amides is 2. The molecule has 0 atom stereocenters. The third-order valence-electron chi connectivity index (χ3n) is 7.28. The maximum Gasteiger partial charge on any atom is 0.416 e. The van der Waals surface area contributed by atoms with Gasteiger partial charge in [-0.05, 0) is 79.5 Å². The van der Waals surface area contributed by atoms with Gasteiger partial charge in [0.25, 0.3) is 11.1 Å². The minimum atomic E-state index is -4.48. The van der Waals surface area contributed by atoms with Gasteiger partial charge in [0.1, 0.15) is 0 Å². The molecular formula is C29H26F3N7O2S. The third kappa shape index (κ3) is 6.31. The minimum absolute atomic E-state index is 0.220. The number of anilines is 1. The first kappa shape index (κ1) is 27.9. The average molecular weight is 594 g/mol. The van der Waals surface area contributed by atoms with Gasteiger partial charge < -0.3 is 15.2 Å². The molecule has 0 unspecified atom stereocenters. The van der Waals surface area contributed by atoms with Crippen molar-refractivity contribution < 1.29 is 22.8 Å². The molecule has 13 heteroatoms. The number of fused-ring (bicyclic) bond motifs is 1. The van der Waals surface area contributed by atoms with Crippen LogP contribution >= 0.6 is 11.8 Å². The van der Waals surface area contributed by atoms with Gasteiger partial charge in [-0.2, -0.15) is 13.2 Å². The monoisotopic (exact) mass is 593 g/mol. The van der Waals surface area contributed by atoms with Crippen molar-refractivity contribution in [2.45, 2.75) is 25.6 Å². The lowest BCUT2D eigenvalue weighted by atomic mass is 9.97. The summed E-state index contributed by atoms with van der Waals surface area (Å²) in [5.41, 5.74) is 1.98. The first-order valence-electron chi connectivity index (χ1n) is 13.4. The summed E-state index contributed by atoms with van der Waals surface area (Å²) in [6.07, 6.45) is 2.20. The number of thioether (sulfide) groups is 1. The van der Waals surface area contributed by atoms with Crippen molar-refractivity contribution in [2.75, 3.05) is 24.5 Å². The number of carbonyl (C=O) groups is 2. The summed E-state index contributed by atoms with van der Waals surface area (Å²) in [6.45, 7) is 2.29. The Balaban J connectivity index is 1.07. The van der Waals surface area contributed by atoms with Crippen molar-refractivity contribution in [1.82, 2.24) is 30.6 Å². The van der Waals surface area contributed by atoms with Crippen LogP contribution < -0.4 is 15.5 Å². The smallest absolute Gasteiger partial charge is 0.361 e. The number of benzene rings is 1. The SMILES string of the molecule is O=C1NC(=O)C(=Cc2ccnc(N3CCC(CNCc4cc(C(F)(F)F)cc(-c5ccc6[nH]ccc6c5)n4)CC3)n2)S1. The second-order valence-corrected chi connectivity index (χ2v) is 11.2. The number of imide groups is 1. The number of hydrogen-bond donors (Lipinski definition) is 3. The van der Waals surface area contributed by atoms with Gasteiger partial charge in [-0.3, -0.25) is 19.9 Å². The first-order chi connectivity index (χ1) is 20.2. The normalized spacial score (nSPS) is 17.4. The molecule has 2 aliphatic rings. The third-order valence-corrected chi connectivity index (χ3v) is 8.09. The molecule has 9 nitrogen and oxygen atoms in total. The van der Waals surface area contributed by atoms with Crippen LogP contribution in [0.15, 0.2) is 59.8 Å². The molecule has 2 saturated heterocycles. The highest BCUT2D eigenvalue weighted by molar-refractivity contribution is 8.18. The molecule has 1 aromatic carbocycles. The van der Waals surface area contributed by atoms with Crippen molar-refractivity contribution in [3.8, 4) is 11.3 Å². The van der Waals surface area contributed by atoms with E-state index in [1.165, 1.54) is 0 Å². The van der Waals surface area contributed by atoms with Crippen molar-refractivity contribution in [1.29, 1.82) is 0 Å². The zero-order valence-electron chi connectivity index (χ0n) is 22.2. The molecule has 0 bridgehead atoms. The van der Waals surface area contributed by atoms with Gasteiger partial charge in [-0.15, -0.1) is 0 Å². The van der Waals surface area contributed by atoms with E-state index < -0.39 is 22.9 Å². The van der Waals surface area contributed by atoms with Crippen LogP contribution in [0.5, 0.6) is 0 Å². The summed E-state index contributed by atoms with van der Waals surface area (Å²) in [5, 5.41) is 6.03. The molecule has 3 N–H and O–H groups in total. The van der Waals surface area contributed by atoms with E-state index in [9.17, 15) is 22.8 Å². The van der Waals surface area contributed by atoms with Gasteiger partial charge in [0.05, 0.1) is 27.6 Å². The highest BCUT2D eigenvalue weighted by Crippen LogP contribution is 2.33. The first-order valence-corrected chi connectivity index (χ1v) is 14.2. The summed E-state index contributed by atoms with van der Waals surface area (Å²) in [4.78, 5) is 42.1. The molecule has 5 heterocycles. The standard InChI is InChI=1S/C29H26F3N7O2S/c30-29(31,32)20-12-22(36-24(13-20)18-1-2-23-19(11-18)3-7-34-23)16-33-15-17-5-9-39(10-6-17)27-35-8-4-21(37-27)14-25-26(40)38-28(41)42-25/h1-4,7-8,11-14,17,33-34H,5-6,9-10,15-16H2,(H,38,40,41). The Morgan fingerprint density at radius 3 is 2.67 bits per heavy atom. The molecule has 0 spiro atoms. The molecule has 0 radical (unpaired) electrons. The van der Waals surface area contributed by atoms with E-state index >= 15 is 0 Å². The summed E-state index contributed by atoms with van der Waals surface area (Å²) in [5.74, 6) is 0.440. The predicted molar refractivity (Wildman–Crippen MR) is 154 cm³/mol. The maximum absolute atomic E-state index is 13.7. The molecule has 2 amide bonds. The topological polar surface area (TPSA) is 116 Å². The Bertz CT molecular complexity index is 1680. The molecular weight excluding hydrogens is 567 g/mol. The molecule has 0 aliphatic carbocycles. The van der Waals surface area contributed by atoms with E-state index in [2.05, 4.69) is 35.5 Å². The van der Waals surface area contributed by atoms with Gasteiger partial charge in [0.15, 0.2) is 0 Å². The van der Waals surface area contributed by atoms with Crippen LogP contribution in [0.2, 0.25) is 0 Å². The van der Waals surface area contributed by atoms with Crippen LogP contribution in [0.25, 0.3) is 28.2 Å². The predicted octanol–water partition coefficient (Wildman–Crippen LogP) is 5.37. The largest absolute Gasteiger partial charge is 0.416 e. The number of aromatic amines is 1. The fourth-order valence-corrected chi connectivity index (χ4v) is 5.76. The summed E-state index contributed by atoms with van der Waals surface area (Å²) >= 11 is 0.837. The zero-order chi connectivity index (χ0) is 29.3. The molecule has 0 saturated carbocycles. The molecule has 3 aromatic heterocycles. The van der Waals surface area contributed by atoms with Gasteiger partial charge in [0, 0.05) is 48.5 Å². The van der Waals surface area contributed by atoms with Gasteiger partial charge >= 0.3 is 6.18 Å². The molecule has 2 aliphatic heterocycles. The Labute approximate surface area is 243 Å². The van der Waals surface area contributed by atoms with Crippen molar-refractivity contribution in [2.24, 2.45) is 5.92 Å². The minimum Gasteiger partial charge on any atom is -0.361 e. The molecule has 216 valence electrons.